The Morgan fingerprint density at radius 2 is 1.72 bits per heavy atom. The molecule has 0 atom stereocenters. The van der Waals surface area contributed by atoms with Gasteiger partial charge in [-0.2, -0.15) is 0 Å². The molecule has 0 aliphatic rings. The van der Waals surface area contributed by atoms with Crippen molar-refractivity contribution >= 4 is 23.2 Å². The third kappa shape index (κ3) is 2.98. The van der Waals surface area contributed by atoms with Crippen molar-refractivity contribution in [3.63, 3.8) is 0 Å². The molecule has 2 aromatic carbocycles. The fourth-order valence-corrected chi connectivity index (χ4v) is 2.17. The fourth-order valence-electron chi connectivity index (χ4n) is 1.77. The Balaban J connectivity index is 2.33. The van der Waals surface area contributed by atoms with Crippen LogP contribution in [0.5, 0.6) is 11.5 Å². The molecule has 3 heteroatoms. The molecule has 0 spiro atoms. The Hall–Kier alpha value is -1.18. The lowest BCUT2D eigenvalue weighted by Gasteiger charge is -2.12. The van der Waals surface area contributed by atoms with Gasteiger partial charge >= 0.3 is 0 Å². The summed E-state index contributed by atoms with van der Waals surface area (Å²) in [7, 11) is 0. The van der Waals surface area contributed by atoms with Gasteiger partial charge in [-0.25, -0.2) is 0 Å². The molecule has 1 nitrogen and oxygen atoms in total. The number of para-hydroxylation sites is 1. The van der Waals surface area contributed by atoms with Gasteiger partial charge in [0.15, 0.2) is 0 Å². The van der Waals surface area contributed by atoms with E-state index < -0.39 is 0 Å². The zero-order chi connectivity index (χ0) is 13.0. The second kappa shape index (κ2) is 6.12. The number of hydrogen-bond acceptors (Lipinski definition) is 1. The maximum atomic E-state index is 5.94. The van der Waals surface area contributed by atoms with Gasteiger partial charge in [0.25, 0.3) is 0 Å². The molecule has 0 bridgehead atoms. The van der Waals surface area contributed by atoms with E-state index in [-0.39, 0.29) is 0 Å². The first kappa shape index (κ1) is 13.3. The van der Waals surface area contributed by atoms with Crippen molar-refractivity contribution in [2.24, 2.45) is 0 Å². The van der Waals surface area contributed by atoms with Gasteiger partial charge in [-0.1, -0.05) is 36.7 Å². The van der Waals surface area contributed by atoms with Gasteiger partial charge < -0.3 is 4.74 Å². The molecule has 0 radical (unpaired) electrons. The summed E-state index contributed by atoms with van der Waals surface area (Å²) in [6.45, 7) is 2.10. The number of rotatable bonds is 4. The van der Waals surface area contributed by atoms with Gasteiger partial charge in [-0.3, -0.25) is 0 Å². The average molecular weight is 281 g/mol. The number of benzene rings is 2. The minimum absolute atomic E-state index is 0.379. The Kier molecular flexibility index (Phi) is 4.51. The number of ether oxygens (including phenoxy) is 1. The van der Waals surface area contributed by atoms with Gasteiger partial charge in [0.05, 0.1) is 5.88 Å². The summed E-state index contributed by atoms with van der Waals surface area (Å²) < 4.78 is 5.93. The molecular formula is C15H14Cl2O. The predicted molar refractivity (Wildman–Crippen MR) is 76.9 cm³/mol. The fraction of sp³-hybridized carbons (Fsp3) is 0.200. The smallest absolute Gasteiger partial charge is 0.131 e. The molecule has 0 saturated heterocycles. The zero-order valence-corrected chi connectivity index (χ0v) is 11.6. The van der Waals surface area contributed by atoms with E-state index in [4.69, 9.17) is 27.9 Å². The number of aryl methyl sites for hydroxylation is 1. The van der Waals surface area contributed by atoms with E-state index in [1.165, 1.54) is 5.56 Å². The summed E-state index contributed by atoms with van der Waals surface area (Å²) in [6, 6.07) is 13.5. The highest BCUT2D eigenvalue weighted by molar-refractivity contribution is 6.30. The summed E-state index contributed by atoms with van der Waals surface area (Å²) >= 11 is 11.8. The van der Waals surface area contributed by atoms with Crippen LogP contribution in [-0.4, -0.2) is 0 Å². The molecule has 0 heterocycles. The molecule has 0 aromatic heterocycles. The van der Waals surface area contributed by atoms with Crippen molar-refractivity contribution in [1.82, 2.24) is 0 Å². The highest BCUT2D eigenvalue weighted by Crippen LogP contribution is 2.31. The Labute approximate surface area is 117 Å². The largest absolute Gasteiger partial charge is 0.457 e. The highest BCUT2D eigenvalue weighted by atomic mass is 35.5. The maximum Gasteiger partial charge on any atom is 0.131 e. The van der Waals surface area contributed by atoms with Crippen molar-refractivity contribution in [2.75, 3.05) is 0 Å². The molecule has 2 aromatic rings. The van der Waals surface area contributed by atoms with E-state index in [9.17, 15) is 0 Å². The third-order valence-electron chi connectivity index (χ3n) is 2.74. The minimum atomic E-state index is 0.379. The van der Waals surface area contributed by atoms with E-state index in [0.29, 0.717) is 10.9 Å². The van der Waals surface area contributed by atoms with Gasteiger partial charge in [0, 0.05) is 10.6 Å². The minimum Gasteiger partial charge on any atom is -0.457 e. The van der Waals surface area contributed by atoms with Crippen LogP contribution in [0, 0.1) is 0 Å². The standard InChI is InChI=1S/C15H14Cl2O/c1-2-11-5-3-4-6-14(11)18-15-8-7-13(17)9-12(15)10-16/h3-9H,2,10H2,1H3. The van der Waals surface area contributed by atoms with Crippen LogP contribution in [-0.2, 0) is 12.3 Å². The Morgan fingerprint density at radius 3 is 2.44 bits per heavy atom. The molecule has 0 aliphatic heterocycles. The monoisotopic (exact) mass is 280 g/mol. The van der Waals surface area contributed by atoms with E-state index in [0.717, 1.165) is 23.5 Å². The lowest BCUT2D eigenvalue weighted by Crippen LogP contribution is -1.93. The molecule has 0 saturated carbocycles. The number of alkyl halides is 1. The van der Waals surface area contributed by atoms with Crippen LogP contribution in [0.15, 0.2) is 42.5 Å². The van der Waals surface area contributed by atoms with Gasteiger partial charge in [0.2, 0.25) is 0 Å². The maximum absolute atomic E-state index is 5.94. The summed E-state index contributed by atoms with van der Waals surface area (Å²) in [5.41, 5.74) is 2.07. The quantitative estimate of drug-likeness (QED) is 0.678. The van der Waals surface area contributed by atoms with Crippen molar-refractivity contribution in [2.45, 2.75) is 19.2 Å². The molecule has 94 valence electrons. The van der Waals surface area contributed by atoms with E-state index >= 15 is 0 Å². The van der Waals surface area contributed by atoms with Crippen LogP contribution in [0.2, 0.25) is 5.02 Å². The van der Waals surface area contributed by atoms with Crippen molar-refractivity contribution in [1.29, 1.82) is 0 Å². The lowest BCUT2D eigenvalue weighted by atomic mass is 10.1. The first-order valence-corrected chi connectivity index (χ1v) is 6.76. The summed E-state index contributed by atoms with van der Waals surface area (Å²) in [4.78, 5) is 0. The molecule has 0 fully saturated rings. The summed E-state index contributed by atoms with van der Waals surface area (Å²) in [5, 5.41) is 0.668. The van der Waals surface area contributed by atoms with E-state index in [1.807, 2.05) is 36.4 Å². The number of halogens is 2. The van der Waals surface area contributed by atoms with E-state index in [1.54, 1.807) is 0 Å². The molecule has 2 rings (SSSR count). The van der Waals surface area contributed by atoms with Crippen molar-refractivity contribution < 1.29 is 4.74 Å². The highest BCUT2D eigenvalue weighted by Gasteiger charge is 2.07. The van der Waals surface area contributed by atoms with Crippen molar-refractivity contribution in [3.8, 4) is 11.5 Å². The summed E-state index contributed by atoms with van der Waals surface area (Å²) in [6.07, 6.45) is 0.931. The van der Waals surface area contributed by atoms with Gasteiger partial charge in [-0.15, -0.1) is 11.6 Å². The van der Waals surface area contributed by atoms with Gasteiger partial charge in [-0.05, 0) is 36.2 Å². The second-order valence-electron chi connectivity index (χ2n) is 3.95. The van der Waals surface area contributed by atoms with Crippen LogP contribution < -0.4 is 4.74 Å². The zero-order valence-electron chi connectivity index (χ0n) is 10.1. The first-order chi connectivity index (χ1) is 8.74. The van der Waals surface area contributed by atoms with E-state index in [2.05, 4.69) is 13.0 Å². The molecule has 18 heavy (non-hydrogen) atoms. The molecule has 0 aliphatic carbocycles. The van der Waals surface area contributed by atoms with Crippen LogP contribution in [0.4, 0.5) is 0 Å². The topological polar surface area (TPSA) is 9.23 Å². The first-order valence-electron chi connectivity index (χ1n) is 5.84. The average Bonchev–Trinajstić information content (AvgIpc) is 2.41. The third-order valence-corrected chi connectivity index (χ3v) is 3.26. The molecule has 0 amide bonds. The SMILES string of the molecule is CCc1ccccc1Oc1ccc(Cl)cc1CCl. The van der Waals surface area contributed by atoms with Crippen LogP contribution in [0.1, 0.15) is 18.1 Å². The summed E-state index contributed by atoms with van der Waals surface area (Å²) in [5.74, 6) is 2.01. The second-order valence-corrected chi connectivity index (χ2v) is 4.65. The van der Waals surface area contributed by atoms with Crippen LogP contribution >= 0.6 is 23.2 Å². The lowest BCUT2D eigenvalue weighted by molar-refractivity contribution is 0.472. The van der Waals surface area contributed by atoms with Crippen LogP contribution in [0.25, 0.3) is 0 Å². The Bertz CT molecular complexity index is 538. The normalized spacial score (nSPS) is 10.4. The van der Waals surface area contributed by atoms with Gasteiger partial charge in [0.1, 0.15) is 11.5 Å². The predicted octanol–water partition coefficient (Wildman–Crippen LogP) is 5.43. The molecular weight excluding hydrogens is 267 g/mol. The van der Waals surface area contributed by atoms with Crippen molar-refractivity contribution in [3.05, 3.63) is 58.6 Å². The molecule has 0 N–H and O–H groups in total. The molecule has 0 unspecified atom stereocenters. The van der Waals surface area contributed by atoms with Crippen LogP contribution in [0.3, 0.4) is 0 Å². The Morgan fingerprint density at radius 1 is 1.00 bits per heavy atom. The number of hydrogen-bond donors (Lipinski definition) is 0.